The largest absolute Gasteiger partial charge is 0.341 e. The normalized spacial score (nSPS) is 24.9. The lowest BCUT2D eigenvalue weighted by atomic mass is 9.78. The Labute approximate surface area is 130 Å². The molecule has 4 rings (SSSR count). The van der Waals surface area contributed by atoms with Crippen molar-refractivity contribution >= 4 is 17.2 Å². The first-order valence-corrected chi connectivity index (χ1v) is 8.86. The smallest absolute Gasteiger partial charge is 0.226 e. The predicted octanol–water partition coefficient (Wildman–Crippen LogP) is 2.75. The summed E-state index contributed by atoms with van der Waals surface area (Å²) in [6.07, 6.45) is 7.45. The second-order valence-corrected chi connectivity index (χ2v) is 7.71. The first kappa shape index (κ1) is 13.5. The van der Waals surface area contributed by atoms with Gasteiger partial charge in [0, 0.05) is 37.5 Å². The average molecular weight is 302 g/mol. The molecule has 3 aliphatic rings. The van der Waals surface area contributed by atoms with Crippen LogP contribution in [0.15, 0.2) is 29.0 Å². The van der Waals surface area contributed by atoms with Crippen LogP contribution in [0.2, 0.25) is 0 Å². The lowest BCUT2D eigenvalue weighted by Crippen LogP contribution is -2.60. The number of hydrogen-bond acceptors (Lipinski definition) is 3. The van der Waals surface area contributed by atoms with E-state index in [4.69, 9.17) is 0 Å². The van der Waals surface area contributed by atoms with Crippen molar-refractivity contribution in [2.45, 2.75) is 25.8 Å². The molecule has 1 spiro atoms. The molecular weight excluding hydrogens is 280 g/mol. The zero-order valence-electron chi connectivity index (χ0n) is 12.3. The van der Waals surface area contributed by atoms with Crippen molar-refractivity contribution in [2.75, 3.05) is 26.2 Å². The van der Waals surface area contributed by atoms with Gasteiger partial charge in [-0.2, -0.15) is 11.3 Å². The maximum Gasteiger partial charge on any atom is 0.226 e. The van der Waals surface area contributed by atoms with Gasteiger partial charge in [0.25, 0.3) is 0 Å². The van der Waals surface area contributed by atoms with Crippen LogP contribution >= 0.6 is 11.3 Å². The first-order valence-electron chi connectivity index (χ1n) is 7.91. The van der Waals surface area contributed by atoms with Gasteiger partial charge in [-0.1, -0.05) is 12.2 Å². The third-order valence-corrected chi connectivity index (χ3v) is 5.96. The van der Waals surface area contributed by atoms with Crippen LogP contribution in [-0.4, -0.2) is 41.9 Å². The van der Waals surface area contributed by atoms with Crippen molar-refractivity contribution in [1.82, 2.24) is 9.80 Å². The molecular formula is C17H22N2OS. The van der Waals surface area contributed by atoms with E-state index in [0.29, 0.717) is 11.3 Å². The second-order valence-electron chi connectivity index (χ2n) is 6.93. The Morgan fingerprint density at radius 1 is 1.29 bits per heavy atom. The van der Waals surface area contributed by atoms with Crippen LogP contribution < -0.4 is 0 Å². The van der Waals surface area contributed by atoms with Crippen molar-refractivity contribution in [2.24, 2.45) is 11.3 Å². The zero-order valence-corrected chi connectivity index (χ0v) is 13.1. The molecule has 0 aromatic carbocycles. The highest BCUT2D eigenvalue weighted by Gasteiger charge is 2.49. The summed E-state index contributed by atoms with van der Waals surface area (Å²) >= 11 is 1.78. The molecule has 0 atom stereocenters. The van der Waals surface area contributed by atoms with Crippen LogP contribution in [0.25, 0.3) is 0 Å². The molecule has 2 fully saturated rings. The summed E-state index contributed by atoms with van der Waals surface area (Å²) in [5.41, 5.74) is 1.83. The van der Waals surface area contributed by atoms with E-state index in [1.54, 1.807) is 11.3 Å². The Hall–Kier alpha value is -1.13. The Morgan fingerprint density at radius 2 is 2.10 bits per heavy atom. The molecule has 0 unspecified atom stereocenters. The fourth-order valence-corrected chi connectivity index (χ4v) is 4.72. The van der Waals surface area contributed by atoms with Crippen molar-refractivity contribution in [3.63, 3.8) is 0 Å². The molecule has 1 aliphatic carbocycles. The van der Waals surface area contributed by atoms with Crippen molar-refractivity contribution in [3.8, 4) is 0 Å². The summed E-state index contributed by atoms with van der Waals surface area (Å²) < 4.78 is 0. The van der Waals surface area contributed by atoms with Gasteiger partial charge in [0.15, 0.2) is 0 Å². The topological polar surface area (TPSA) is 23.6 Å². The summed E-state index contributed by atoms with van der Waals surface area (Å²) in [5.74, 6) is 0.632. The lowest BCUT2D eigenvalue weighted by molar-refractivity contribution is -0.146. The number of hydrogen-bond donors (Lipinski definition) is 0. The highest BCUT2D eigenvalue weighted by molar-refractivity contribution is 7.07. The van der Waals surface area contributed by atoms with E-state index < -0.39 is 0 Å². The molecule has 21 heavy (non-hydrogen) atoms. The molecule has 1 aromatic heterocycles. The molecule has 1 amide bonds. The molecule has 1 aromatic rings. The Bertz CT molecular complexity index is 537. The molecule has 0 N–H and O–H groups in total. The minimum Gasteiger partial charge on any atom is -0.341 e. The van der Waals surface area contributed by atoms with Crippen molar-refractivity contribution in [3.05, 3.63) is 34.5 Å². The Morgan fingerprint density at radius 3 is 2.81 bits per heavy atom. The van der Waals surface area contributed by atoms with Crippen LogP contribution in [0, 0.1) is 11.3 Å². The first-order chi connectivity index (χ1) is 10.2. The highest BCUT2D eigenvalue weighted by atomic mass is 32.1. The fourth-order valence-electron chi connectivity index (χ4n) is 4.06. The van der Waals surface area contributed by atoms with E-state index in [1.807, 2.05) is 0 Å². The summed E-state index contributed by atoms with van der Waals surface area (Å²) in [7, 11) is 0. The van der Waals surface area contributed by atoms with Crippen LogP contribution in [0.4, 0.5) is 0 Å². The van der Waals surface area contributed by atoms with Gasteiger partial charge >= 0.3 is 0 Å². The van der Waals surface area contributed by atoms with E-state index in [2.05, 4.69) is 38.8 Å². The van der Waals surface area contributed by atoms with Gasteiger partial charge in [0.2, 0.25) is 5.91 Å². The summed E-state index contributed by atoms with van der Waals surface area (Å²) in [5, 5.41) is 4.40. The van der Waals surface area contributed by atoms with Gasteiger partial charge in [0.1, 0.15) is 0 Å². The molecule has 112 valence electrons. The third-order valence-electron chi connectivity index (χ3n) is 5.22. The minimum atomic E-state index is 0.241. The number of nitrogens with zero attached hydrogens (tertiary/aromatic N) is 2. The van der Waals surface area contributed by atoms with E-state index in [-0.39, 0.29) is 5.92 Å². The molecule has 0 bridgehead atoms. The molecule has 2 saturated heterocycles. The van der Waals surface area contributed by atoms with Gasteiger partial charge in [-0.3, -0.25) is 9.69 Å². The number of carbonyl (C=O) groups excluding carboxylic acids is 1. The van der Waals surface area contributed by atoms with Gasteiger partial charge < -0.3 is 4.90 Å². The molecule has 3 heterocycles. The SMILES string of the molecule is O=C(C1CC=CC1)N1CC2(CCN(Cc3ccsc3)C2)C1. The van der Waals surface area contributed by atoms with E-state index in [0.717, 1.165) is 39.0 Å². The zero-order chi connectivity index (χ0) is 14.3. The molecule has 4 heteroatoms. The van der Waals surface area contributed by atoms with Gasteiger partial charge in [-0.15, -0.1) is 0 Å². The van der Waals surface area contributed by atoms with E-state index in [1.165, 1.54) is 18.5 Å². The second kappa shape index (κ2) is 5.25. The van der Waals surface area contributed by atoms with Gasteiger partial charge in [-0.25, -0.2) is 0 Å². The number of rotatable bonds is 3. The summed E-state index contributed by atoms with van der Waals surface area (Å²) in [6, 6.07) is 2.22. The maximum absolute atomic E-state index is 12.4. The van der Waals surface area contributed by atoms with E-state index >= 15 is 0 Å². The van der Waals surface area contributed by atoms with Crippen molar-refractivity contribution < 1.29 is 4.79 Å². The molecule has 0 radical (unpaired) electrons. The van der Waals surface area contributed by atoms with Crippen LogP contribution in [-0.2, 0) is 11.3 Å². The van der Waals surface area contributed by atoms with Crippen LogP contribution in [0.5, 0.6) is 0 Å². The Balaban J connectivity index is 1.29. The standard InChI is InChI=1S/C17H22N2OS/c20-16(15-3-1-2-4-15)19-12-17(13-19)6-7-18(11-17)9-14-5-8-21-10-14/h1-2,5,8,10,15H,3-4,6-7,9,11-13H2. The minimum absolute atomic E-state index is 0.241. The maximum atomic E-state index is 12.4. The monoisotopic (exact) mass is 302 g/mol. The van der Waals surface area contributed by atoms with Crippen LogP contribution in [0.1, 0.15) is 24.8 Å². The summed E-state index contributed by atoms with van der Waals surface area (Å²) in [6.45, 7) is 5.40. The lowest BCUT2D eigenvalue weighted by Gasteiger charge is -2.49. The molecule has 0 saturated carbocycles. The number of likely N-dealkylation sites (tertiary alicyclic amines) is 2. The number of carbonyl (C=O) groups is 1. The number of thiophene rings is 1. The van der Waals surface area contributed by atoms with Crippen LogP contribution in [0.3, 0.4) is 0 Å². The summed E-state index contributed by atoms with van der Waals surface area (Å²) in [4.78, 5) is 17.0. The predicted molar refractivity (Wildman–Crippen MR) is 85.1 cm³/mol. The van der Waals surface area contributed by atoms with Crippen molar-refractivity contribution in [1.29, 1.82) is 0 Å². The number of allylic oxidation sites excluding steroid dienone is 2. The fraction of sp³-hybridized carbons (Fsp3) is 0.588. The number of amides is 1. The molecule has 2 aliphatic heterocycles. The highest BCUT2D eigenvalue weighted by Crippen LogP contribution is 2.41. The quantitative estimate of drug-likeness (QED) is 0.802. The molecule has 3 nitrogen and oxygen atoms in total. The van der Waals surface area contributed by atoms with Gasteiger partial charge in [0.05, 0.1) is 0 Å². The Kier molecular flexibility index (Phi) is 3.38. The average Bonchev–Trinajstić information content (AvgIpc) is 3.18. The third kappa shape index (κ3) is 2.55. The van der Waals surface area contributed by atoms with E-state index in [9.17, 15) is 4.79 Å². The van der Waals surface area contributed by atoms with Gasteiger partial charge in [-0.05, 0) is 48.2 Å².